The minimum Gasteiger partial charge on any atom is -0.480 e. The van der Waals surface area contributed by atoms with Crippen LogP contribution in [0.2, 0.25) is 0 Å². The molecular weight excluding hydrogens is 434 g/mol. The molecule has 0 saturated carbocycles. The second-order valence-electron chi connectivity index (χ2n) is 6.79. The number of aliphatic carboxylic acids is 1. The standard InChI is InChI=1S/C11H10N2O6.C7H9NO5/c14-7-1-2-8(15)12(7)6-5-11(18)19-13-9(16)3-4-10(13)17;1-3(7(12)13)8-5(10)2-4(9)6(8)11/h1-2H,3-6H2;3-4,9H,2H2,1H3,(H,12,13). The van der Waals surface area contributed by atoms with E-state index in [2.05, 4.69) is 4.84 Å². The first-order valence-corrected chi connectivity index (χ1v) is 9.31. The molecule has 2 atom stereocenters. The van der Waals surface area contributed by atoms with Gasteiger partial charge in [0.15, 0.2) is 0 Å². The molecule has 3 aliphatic rings. The van der Waals surface area contributed by atoms with Crippen molar-refractivity contribution >= 4 is 47.4 Å². The van der Waals surface area contributed by atoms with Crippen LogP contribution in [0.3, 0.4) is 0 Å². The fourth-order valence-corrected chi connectivity index (χ4v) is 2.81. The van der Waals surface area contributed by atoms with E-state index in [0.717, 1.165) is 17.1 Å². The number of rotatable bonds is 6. The normalized spacial score (nSPS) is 21.3. The highest BCUT2D eigenvalue weighted by molar-refractivity contribution is 6.13. The number of hydrogen-bond donors (Lipinski definition) is 2. The predicted molar refractivity (Wildman–Crippen MR) is 97.2 cm³/mol. The third kappa shape index (κ3) is 5.40. The van der Waals surface area contributed by atoms with Crippen molar-refractivity contribution in [2.75, 3.05) is 6.54 Å². The molecule has 0 aromatic heterocycles. The maximum atomic E-state index is 11.4. The summed E-state index contributed by atoms with van der Waals surface area (Å²) in [5.74, 6) is -5.77. The Morgan fingerprint density at radius 2 is 1.56 bits per heavy atom. The largest absolute Gasteiger partial charge is 0.480 e. The fourth-order valence-electron chi connectivity index (χ4n) is 2.81. The molecule has 0 radical (unpaired) electrons. The van der Waals surface area contributed by atoms with Gasteiger partial charge in [0.2, 0.25) is 5.91 Å². The van der Waals surface area contributed by atoms with Crippen LogP contribution in [0.4, 0.5) is 0 Å². The molecule has 0 aromatic carbocycles. The van der Waals surface area contributed by atoms with Crippen LogP contribution in [0.25, 0.3) is 0 Å². The third-order valence-electron chi connectivity index (χ3n) is 4.54. The molecule has 0 aliphatic carbocycles. The van der Waals surface area contributed by atoms with Gasteiger partial charge in [0, 0.05) is 31.5 Å². The van der Waals surface area contributed by atoms with E-state index in [9.17, 15) is 38.4 Å². The maximum absolute atomic E-state index is 11.4. The zero-order valence-electron chi connectivity index (χ0n) is 16.8. The number of carbonyl (C=O) groups is 8. The Morgan fingerprint density at radius 3 is 2.00 bits per heavy atom. The lowest BCUT2D eigenvalue weighted by Gasteiger charge is -2.17. The topological polar surface area (TPSA) is 196 Å². The van der Waals surface area contributed by atoms with E-state index < -0.39 is 59.5 Å². The van der Waals surface area contributed by atoms with Crippen LogP contribution in [0, 0.1) is 0 Å². The van der Waals surface area contributed by atoms with E-state index >= 15 is 0 Å². The molecule has 0 spiro atoms. The second kappa shape index (κ2) is 9.91. The van der Waals surface area contributed by atoms with Crippen LogP contribution in [0.5, 0.6) is 0 Å². The monoisotopic (exact) mass is 453 g/mol. The van der Waals surface area contributed by atoms with Crippen LogP contribution in [0.1, 0.15) is 32.6 Å². The zero-order valence-corrected chi connectivity index (χ0v) is 16.8. The van der Waals surface area contributed by atoms with Crippen LogP contribution < -0.4 is 0 Å². The number of hydrogen-bond acceptors (Lipinski definition) is 10. The van der Waals surface area contributed by atoms with Gasteiger partial charge in [0.05, 0.1) is 12.8 Å². The molecule has 0 bridgehead atoms. The lowest BCUT2D eigenvalue weighted by Crippen LogP contribution is -2.43. The smallest absolute Gasteiger partial charge is 0.335 e. The van der Waals surface area contributed by atoms with Gasteiger partial charge in [0.1, 0.15) is 12.1 Å². The number of carbonyl (C=O) groups excluding carboxylic acids is 7. The van der Waals surface area contributed by atoms with E-state index in [-0.39, 0.29) is 32.2 Å². The number of carboxylic acid groups (broad SMARTS) is 1. The molecule has 172 valence electrons. The number of hydroxylamine groups is 2. The Bertz CT molecular complexity index is 891. The molecule has 3 rings (SSSR count). The summed E-state index contributed by atoms with van der Waals surface area (Å²) < 4.78 is 0. The quantitative estimate of drug-likeness (QED) is 0.403. The van der Waals surface area contributed by atoms with Gasteiger partial charge in [-0.05, 0) is 6.92 Å². The molecule has 0 aromatic rings. The molecule has 2 saturated heterocycles. The summed E-state index contributed by atoms with van der Waals surface area (Å²) in [6.45, 7) is 1.07. The number of imide groups is 3. The average molecular weight is 453 g/mol. The van der Waals surface area contributed by atoms with E-state index in [4.69, 9.17) is 10.2 Å². The van der Waals surface area contributed by atoms with Crippen LogP contribution in [0.15, 0.2) is 12.2 Å². The Balaban J connectivity index is 0.000000244. The van der Waals surface area contributed by atoms with Crippen molar-refractivity contribution in [3.05, 3.63) is 12.2 Å². The van der Waals surface area contributed by atoms with Crippen LogP contribution in [-0.4, -0.2) is 91.1 Å². The molecular formula is C18H19N3O11. The van der Waals surface area contributed by atoms with Crippen molar-refractivity contribution in [3.8, 4) is 0 Å². The van der Waals surface area contributed by atoms with Crippen molar-refractivity contribution in [2.24, 2.45) is 0 Å². The lowest BCUT2D eigenvalue weighted by atomic mass is 10.3. The van der Waals surface area contributed by atoms with Crippen molar-refractivity contribution < 1.29 is 53.4 Å². The third-order valence-corrected chi connectivity index (χ3v) is 4.54. The van der Waals surface area contributed by atoms with E-state index in [1.807, 2.05) is 0 Å². The maximum Gasteiger partial charge on any atom is 0.335 e. The van der Waals surface area contributed by atoms with Gasteiger partial charge >= 0.3 is 11.9 Å². The van der Waals surface area contributed by atoms with E-state index in [0.29, 0.717) is 9.96 Å². The first-order chi connectivity index (χ1) is 14.9. The minimum atomic E-state index is -1.38. The van der Waals surface area contributed by atoms with Gasteiger partial charge in [0.25, 0.3) is 29.5 Å². The summed E-state index contributed by atoms with van der Waals surface area (Å²) in [6.07, 6.45) is 0.238. The minimum absolute atomic E-state index is 0.0130. The Kier molecular flexibility index (Phi) is 7.54. The molecule has 14 nitrogen and oxygen atoms in total. The molecule has 6 amide bonds. The number of nitrogens with zero attached hydrogens (tertiary/aromatic N) is 3. The Hall–Kier alpha value is -3.94. The van der Waals surface area contributed by atoms with E-state index in [1.165, 1.54) is 6.92 Å². The lowest BCUT2D eigenvalue weighted by molar-refractivity contribution is -0.197. The summed E-state index contributed by atoms with van der Waals surface area (Å²) in [6, 6.07) is -1.21. The van der Waals surface area contributed by atoms with Gasteiger partial charge in [-0.25, -0.2) is 9.59 Å². The molecule has 2 unspecified atom stereocenters. The summed E-state index contributed by atoms with van der Waals surface area (Å²) in [5.41, 5.74) is 0. The first-order valence-electron chi connectivity index (χ1n) is 9.31. The highest BCUT2D eigenvalue weighted by atomic mass is 16.7. The SMILES string of the molecule is CC(C(=O)O)N1C(=O)CC(O)C1=O.O=C(CCN1C(=O)C=CC1=O)ON1C(=O)CCC1=O. The highest BCUT2D eigenvalue weighted by Gasteiger charge is 2.42. The Morgan fingerprint density at radius 1 is 1.03 bits per heavy atom. The van der Waals surface area contributed by atoms with Gasteiger partial charge in [-0.15, -0.1) is 5.06 Å². The van der Waals surface area contributed by atoms with Crippen molar-refractivity contribution in [1.82, 2.24) is 14.9 Å². The predicted octanol–water partition coefficient (Wildman–Crippen LogP) is -2.51. The molecule has 3 heterocycles. The fraction of sp³-hybridized carbons (Fsp3) is 0.444. The van der Waals surface area contributed by atoms with Gasteiger partial charge in [-0.1, -0.05) is 0 Å². The molecule has 2 fully saturated rings. The van der Waals surface area contributed by atoms with Crippen LogP contribution in [-0.2, 0) is 43.2 Å². The molecule has 2 N–H and O–H groups in total. The number of likely N-dealkylation sites (tertiary alicyclic amines) is 1. The second-order valence-corrected chi connectivity index (χ2v) is 6.79. The molecule has 32 heavy (non-hydrogen) atoms. The summed E-state index contributed by atoms with van der Waals surface area (Å²) in [5, 5.41) is 17.9. The summed E-state index contributed by atoms with van der Waals surface area (Å²) in [7, 11) is 0. The van der Waals surface area contributed by atoms with Crippen molar-refractivity contribution in [3.63, 3.8) is 0 Å². The number of amides is 6. The van der Waals surface area contributed by atoms with Crippen molar-refractivity contribution in [1.29, 1.82) is 0 Å². The summed E-state index contributed by atoms with van der Waals surface area (Å²) >= 11 is 0. The first kappa shape index (κ1) is 24.3. The molecule has 3 aliphatic heterocycles. The Labute approximate surface area is 179 Å². The number of carboxylic acids is 1. The van der Waals surface area contributed by atoms with Gasteiger partial charge in [-0.3, -0.25) is 38.6 Å². The van der Waals surface area contributed by atoms with Crippen LogP contribution >= 0.6 is 0 Å². The number of aliphatic hydroxyl groups excluding tert-OH is 1. The molecule has 14 heteroatoms. The van der Waals surface area contributed by atoms with Gasteiger partial charge < -0.3 is 15.1 Å². The highest BCUT2D eigenvalue weighted by Crippen LogP contribution is 2.16. The van der Waals surface area contributed by atoms with E-state index in [1.54, 1.807) is 0 Å². The zero-order chi connectivity index (χ0) is 24.2. The van der Waals surface area contributed by atoms with Crippen molar-refractivity contribution in [2.45, 2.75) is 44.8 Å². The average Bonchev–Trinajstić information content (AvgIpc) is 3.30. The number of aliphatic hydroxyl groups is 1. The van der Waals surface area contributed by atoms with Gasteiger partial charge in [-0.2, -0.15) is 0 Å². The summed E-state index contributed by atoms with van der Waals surface area (Å²) in [4.78, 5) is 94.7.